The fraction of sp³-hybridized carbons (Fsp3) is 0.208. The van der Waals surface area contributed by atoms with Gasteiger partial charge in [0.05, 0.1) is 6.33 Å². The predicted molar refractivity (Wildman–Crippen MR) is 132 cm³/mol. The maximum Gasteiger partial charge on any atom is 0.192 e. The number of imidazole rings is 1. The fourth-order valence-corrected chi connectivity index (χ4v) is 4.35. The minimum Gasteiger partial charge on any atom is -0.428 e. The Morgan fingerprint density at radius 3 is 2.58 bits per heavy atom. The van der Waals surface area contributed by atoms with Gasteiger partial charge in [-0.25, -0.2) is 9.37 Å². The molecule has 0 saturated carbocycles. The highest BCUT2D eigenvalue weighted by Crippen LogP contribution is 2.23. The number of aryl methyl sites for hydroxylation is 1. The third-order valence-corrected chi connectivity index (χ3v) is 6.25. The van der Waals surface area contributed by atoms with Crippen molar-refractivity contribution in [1.29, 1.82) is 0 Å². The molecule has 0 spiro atoms. The standard InChI is InChI=1S/C24H22FIN6O/c25-18-5-8-21-17(13-28-22(21)12-18)11-24-31-30-23(10-16-3-6-20(33-26)7-4-16)32(24)9-1-2-19-14-27-15-29-19/h3-8,12-15,28H,1-2,9-11H2,(H,27,29). The number of aromatic amines is 2. The number of fused-ring (bicyclic) bond motifs is 1. The molecule has 3 aromatic heterocycles. The maximum atomic E-state index is 13.6. The SMILES string of the molecule is Fc1ccc2c(Cc3nnc(Cc4ccc(OI)cc4)n3CCCc3cnc[nH]3)c[nH]c2c1. The van der Waals surface area contributed by atoms with Crippen LogP contribution in [-0.2, 0) is 25.8 Å². The zero-order valence-corrected chi connectivity index (χ0v) is 19.9. The number of rotatable bonds is 9. The first-order valence-corrected chi connectivity index (χ1v) is 11.6. The fourth-order valence-electron chi connectivity index (χ4n) is 4.06. The van der Waals surface area contributed by atoms with Crippen LogP contribution >= 0.6 is 23.0 Å². The van der Waals surface area contributed by atoms with Crippen LogP contribution in [0.2, 0.25) is 0 Å². The van der Waals surface area contributed by atoms with E-state index >= 15 is 0 Å². The van der Waals surface area contributed by atoms with E-state index in [0.29, 0.717) is 12.8 Å². The Bertz CT molecular complexity index is 1340. The molecule has 3 heterocycles. The highest BCUT2D eigenvalue weighted by Gasteiger charge is 2.15. The van der Waals surface area contributed by atoms with Gasteiger partial charge in [-0.1, -0.05) is 12.1 Å². The molecule has 0 aliphatic rings. The van der Waals surface area contributed by atoms with E-state index in [-0.39, 0.29) is 5.82 Å². The van der Waals surface area contributed by atoms with Gasteiger partial charge in [0.1, 0.15) is 23.2 Å². The Morgan fingerprint density at radius 2 is 1.82 bits per heavy atom. The Labute approximate surface area is 204 Å². The highest BCUT2D eigenvalue weighted by molar-refractivity contribution is 14.1. The third kappa shape index (κ3) is 4.92. The second-order valence-corrected chi connectivity index (χ2v) is 8.38. The Morgan fingerprint density at radius 1 is 1.00 bits per heavy atom. The molecule has 9 heteroatoms. The van der Waals surface area contributed by atoms with Gasteiger partial charge in [0.2, 0.25) is 0 Å². The van der Waals surface area contributed by atoms with Crippen molar-refractivity contribution in [1.82, 2.24) is 29.7 Å². The first-order chi connectivity index (χ1) is 16.2. The molecule has 0 atom stereocenters. The lowest BCUT2D eigenvalue weighted by atomic mass is 10.1. The van der Waals surface area contributed by atoms with E-state index in [4.69, 9.17) is 3.07 Å². The van der Waals surface area contributed by atoms with E-state index in [1.807, 2.05) is 65.7 Å². The van der Waals surface area contributed by atoms with Gasteiger partial charge in [0.15, 0.2) is 23.0 Å². The number of nitrogens with zero attached hydrogens (tertiary/aromatic N) is 4. The van der Waals surface area contributed by atoms with Gasteiger partial charge in [0.25, 0.3) is 0 Å². The molecule has 33 heavy (non-hydrogen) atoms. The lowest BCUT2D eigenvalue weighted by Gasteiger charge is -2.11. The second kappa shape index (κ2) is 9.74. The summed E-state index contributed by atoms with van der Waals surface area (Å²) in [6.07, 6.45) is 8.61. The number of H-pyrrole nitrogens is 2. The summed E-state index contributed by atoms with van der Waals surface area (Å²) in [5.41, 5.74) is 4.11. The van der Waals surface area contributed by atoms with Crippen LogP contribution in [0, 0.1) is 5.82 Å². The average molecular weight is 556 g/mol. The van der Waals surface area contributed by atoms with E-state index in [1.54, 1.807) is 6.33 Å². The van der Waals surface area contributed by atoms with Gasteiger partial charge in [-0.3, -0.25) is 0 Å². The lowest BCUT2D eigenvalue weighted by Crippen LogP contribution is -2.10. The normalized spacial score (nSPS) is 11.3. The number of nitrogens with one attached hydrogen (secondary N) is 2. The summed E-state index contributed by atoms with van der Waals surface area (Å²) in [5, 5.41) is 10.1. The summed E-state index contributed by atoms with van der Waals surface area (Å²) < 4.78 is 21.0. The van der Waals surface area contributed by atoms with Crippen LogP contribution in [0.4, 0.5) is 4.39 Å². The summed E-state index contributed by atoms with van der Waals surface area (Å²) in [5.74, 6) is 2.38. The number of aromatic nitrogens is 6. The minimum atomic E-state index is -0.251. The van der Waals surface area contributed by atoms with Crippen molar-refractivity contribution in [3.05, 3.63) is 95.5 Å². The Hall–Kier alpha value is -3.21. The molecule has 0 amide bonds. The summed E-state index contributed by atoms with van der Waals surface area (Å²) >= 11 is 1.88. The molecule has 7 nitrogen and oxygen atoms in total. The van der Waals surface area contributed by atoms with Crippen molar-refractivity contribution in [3.8, 4) is 5.75 Å². The van der Waals surface area contributed by atoms with Gasteiger partial charge in [-0.05, 0) is 54.3 Å². The van der Waals surface area contributed by atoms with Crippen molar-refractivity contribution in [2.45, 2.75) is 32.2 Å². The Balaban J connectivity index is 1.41. The zero-order chi connectivity index (χ0) is 22.6. The van der Waals surface area contributed by atoms with Crippen LogP contribution in [0.5, 0.6) is 5.75 Å². The second-order valence-electron chi connectivity index (χ2n) is 7.94. The number of benzene rings is 2. The predicted octanol–water partition coefficient (Wildman–Crippen LogP) is 5.16. The number of hydrogen-bond acceptors (Lipinski definition) is 4. The third-order valence-electron chi connectivity index (χ3n) is 5.74. The summed E-state index contributed by atoms with van der Waals surface area (Å²) in [6, 6.07) is 12.8. The molecule has 5 aromatic rings. The molecule has 0 bridgehead atoms. The molecule has 0 aliphatic carbocycles. The van der Waals surface area contributed by atoms with E-state index in [2.05, 4.69) is 29.7 Å². The van der Waals surface area contributed by atoms with E-state index in [9.17, 15) is 4.39 Å². The topological polar surface area (TPSA) is 84.4 Å². The first-order valence-electron chi connectivity index (χ1n) is 10.7. The number of hydrogen-bond donors (Lipinski definition) is 2. The molecular formula is C24H22FIN6O. The van der Waals surface area contributed by atoms with E-state index in [1.165, 1.54) is 12.1 Å². The monoisotopic (exact) mass is 556 g/mol. The smallest absolute Gasteiger partial charge is 0.192 e. The minimum absolute atomic E-state index is 0.251. The van der Waals surface area contributed by atoms with Crippen molar-refractivity contribution in [3.63, 3.8) is 0 Å². The quantitative estimate of drug-likeness (QED) is 0.246. The largest absolute Gasteiger partial charge is 0.428 e. The summed E-state index contributed by atoms with van der Waals surface area (Å²) in [4.78, 5) is 10.4. The zero-order valence-electron chi connectivity index (χ0n) is 17.8. The van der Waals surface area contributed by atoms with Gasteiger partial charge in [0, 0.05) is 48.4 Å². The molecule has 2 N–H and O–H groups in total. The Kier molecular flexibility index (Phi) is 6.38. The summed E-state index contributed by atoms with van der Waals surface area (Å²) in [7, 11) is 0. The molecular weight excluding hydrogens is 534 g/mol. The highest BCUT2D eigenvalue weighted by atomic mass is 127. The van der Waals surface area contributed by atoms with Gasteiger partial charge in [-0.15, -0.1) is 10.2 Å². The molecule has 168 valence electrons. The van der Waals surface area contributed by atoms with Crippen LogP contribution in [0.25, 0.3) is 10.9 Å². The molecule has 2 aromatic carbocycles. The van der Waals surface area contributed by atoms with Gasteiger partial charge < -0.3 is 17.6 Å². The van der Waals surface area contributed by atoms with Crippen molar-refractivity contribution >= 4 is 33.9 Å². The van der Waals surface area contributed by atoms with Crippen LogP contribution in [0.1, 0.15) is 34.9 Å². The van der Waals surface area contributed by atoms with Crippen molar-refractivity contribution in [2.24, 2.45) is 0 Å². The molecule has 0 radical (unpaired) electrons. The molecule has 5 rings (SSSR count). The van der Waals surface area contributed by atoms with Gasteiger partial charge >= 0.3 is 0 Å². The maximum absolute atomic E-state index is 13.6. The van der Waals surface area contributed by atoms with Gasteiger partial charge in [-0.2, -0.15) is 0 Å². The van der Waals surface area contributed by atoms with Crippen LogP contribution in [-0.4, -0.2) is 29.7 Å². The molecule has 0 fully saturated rings. The molecule has 0 unspecified atom stereocenters. The van der Waals surface area contributed by atoms with Crippen LogP contribution < -0.4 is 3.07 Å². The molecule has 0 aliphatic heterocycles. The number of halogens is 2. The van der Waals surface area contributed by atoms with Crippen LogP contribution in [0.15, 0.2) is 61.2 Å². The first kappa shape index (κ1) is 21.6. The average Bonchev–Trinajstić information content (AvgIpc) is 3.57. The summed E-state index contributed by atoms with van der Waals surface area (Å²) in [6.45, 7) is 0.794. The van der Waals surface area contributed by atoms with Crippen molar-refractivity contribution in [2.75, 3.05) is 0 Å². The lowest BCUT2D eigenvalue weighted by molar-refractivity contribution is 0.593. The van der Waals surface area contributed by atoms with Crippen LogP contribution in [0.3, 0.4) is 0 Å². The van der Waals surface area contributed by atoms with Crippen molar-refractivity contribution < 1.29 is 7.46 Å². The van der Waals surface area contributed by atoms with E-state index in [0.717, 1.165) is 64.5 Å². The van der Waals surface area contributed by atoms with E-state index < -0.39 is 0 Å². The molecule has 0 saturated heterocycles.